The lowest BCUT2D eigenvalue weighted by atomic mass is 9.87. The normalized spacial score (nSPS) is 23.7. The van der Waals surface area contributed by atoms with Crippen LogP contribution in [-0.2, 0) is 0 Å². The first kappa shape index (κ1) is 13.1. The van der Waals surface area contributed by atoms with Gasteiger partial charge < -0.3 is 15.7 Å². The van der Waals surface area contributed by atoms with Gasteiger partial charge in [0, 0.05) is 31.0 Å². The van der Waals surface area contributed by atoms with E-state index >= 15 is 0 Å². The topological polar surface area (TPSA) is 57.2 Å². The quantitative estimate of drug-likeness (QED) is 0.750. The predicted molar refractivity (Wildman–Crippen MR) is 74.9 cm³/mol. The van der Waals surface area contributed by atoms with E-state index in [0.717, 1.165) is 43.9 Å². The number of nitrogens with zero attached hydrogens (tertiary/aromatic N) is 1. The van der Waals surface area contributed by atoms with Crippen LogP contribution in [0.1, 0.15) is 32.6 Å². The third kappa shape index (κ3) is 3.88. The molecule has 1 saturated carbocycles. The Kier molecular flexibility index (Phi) is 4.81. The van der Waals surface area contributed by atoms with Gasteiger partial charge >= 0.3 is 0 Å². The minimum absolute atomic E-state index is 0.0969. The average Bonchev–Trinajstić information content (AvgIpc) is 2.37. The van der Waals surface area contributed by atoms with Crippen LogP contribution in [0.2, 0.25) is 0 Å². The Labute approximate surface area is 109 Å². The van der Waals surface area contributed by atoms with E-state index in [0.29, 0.717) is 5.92 Å². The summed E-state index contributed by atoms with van der Waals surface area (Å²) < 4.78 is 0. The molecule has 1 fully saturated rings. The average molecular weight is 249 g/mol. The van der Waals surface area contributed by atoms with Gasteiger partial charge in [-0.3, -0.25) is 0 Å². The van der Waals surface area contributed by atoms with Crippen molar-refractivity contribution in [2.24, 2.45) is 5.92 Å². The maximum atomic E-state index is 9.64. The number of nitrogens with one attached hydrogen (secondary N) is 2. The molecule has 2 rings (SSSR count). The van der Waals surface area contributed by atoms with Gasteiger partial charge in [-0.25, -0.2) is 4.98 Å². The van der Waals surface area contributed by atoms with Crippen molar-refractivity contribution in [3.63, 3.8) is 0 Å². The Morgan fingerprint density at radius 2 is 2.28 bits per heavy atom. The number of aliphatic hydroxyl groups is 1. The molecule has 1 aliphatic carbocycles. The van der Waals surface area contributed by atoms with E-state index in [1.807, 2.05) is 18.3 Å². The molecule has 1 aromatic rings. The number of rotatable bonds is 5. The zero-order valence-electron chi connectivity index (χ0n) is 11.0. The number of anilines is 2. The van der Waals surface area contributed by atoms with Gasteiger partial charge in [0.15, 0.2) is 0 Å². The van der Waals surface area contributed by atoms with E-state index in [9.17, 15) is 5.11 Å². The molecule has 1 aromatic heterocycles. The first-order valence-corrected chi connectivity index (χ1v) is 6.89. The molecule has 1 heterocycles. The van der Waals surface area contributed by atoms with Gasteiger partial charge in [0.05, 0.1) is 6.10 Å². The molecule has 0 radical (unpaired) electrons. The molecule has 2 unspecified atom stereocenters. The van der Waals surface area contributed by atoms with Crippen LogP contribution >= 0.6 is 0 Å². The second kappa shape index (κ2) is 6.59. The molecule has 0 spiro atoms. The van der Waals surface area contributed by atoms with Crippen molar-refractivity contribution in [1.29, 1.82) is 0 Å². The van der Waals surface area contributed by atoms with Crippen molar-refractivity contribution in [2.45, 2.75) is 38.7 Å². The van der Waals surface area contributed by atoms with Crippen molar-refractivity contribution < 1.29 is 5.11 Å². The summed E-state index contributed by atoms with van der Waals surface area (Å²) in [5.41, 5.74) is 1.10. The standard InChI is InChI=1S/C14H23N3O/c1-2-15-14-9-12(6-7-16-14)17-10-11-4-3-5-13(18)8-11/h6-7,9,11,13,18H,2-5,8,10H2,1H3,(H2,15,16,17). The molecule has 0 bridgehead atoms. The summed E-state index contributed by atoms with van der Waals surface area (Å²) in [7, 11) is 0. The summed E-state index contributed by atoms with van der Waals surface area (Å²) in [4.78, 5) is 4.24. The molecule has 100 valence electrons. The van der Waals surface area contributed by atoms with E-state index in [1.165, 1.54) is 6.42 Å². The number of pyridine rings is 1. The molecule has 0 aliphatic heterocycles. The number of hydrogen-bond acceptors (Lipinski definition) is 4. The van der Waals surface area contributed by atoms with Crippen LogP contribution < -0.4 is 10.6 Å². The maximum Gasteiger partial charge on any atom is 0.127 e. The van der Waals surface area contributed by atoms with Gasteiger partial charge in [-0.2, -0.15) is 0 Å². The molecule has 2 atom stereocenters. The molecular weight excluding hydrogens is 226 g/mol. The van der Waals surface area contributed by atoms with Gasteiger partial charge in [0.25, 0.3) is 0 Å². The zero-order chi connectivity index (χ0) is 12.8. The summed E-state index contributed by atoms with van der Waals surface area (Å²) in [5, 5.41) is 16.3. The van der Waals surface area contributed by atoms with Gasteiger partial charge in [-0.05, 0) is 38.2 Å². The summed E-state index contributed by atoms with van der Waals surface area (Å²) in [5.74, 6) is 1.50. The molecule has 0 amide bonds. The Balaban J connectivity index is 1.83. The van der Waals surface area contributed by atoms with Gasteiger partial charge in [-0.1, -0.05) is 6.42 Å². The Morgan fingerprint density at radius 1 is 1.39 bits per heavy atom. The van der Waals surface area contributed by atoms with Crippen LogP contribution in [0, 0.1) is 5.92 Å². The molecule has 18 heavy (non-hydrogen) atoms. The van der Waals surface area contributed by atoms with E-state index < -0.39 is 0 Å². The highest BCUT2D eigenvalue weighted by molar-refractivity contribution is 5.51. The maximum absolute atomic E-state index is 9.64. The SMILES string of the molecule is CCNc1cc(NCC2CCCC(O)C2)ccn1. The highest BCUT2D eigenvalue weighted by Gasteiger charge is 2.19. The minimum atomic E-state index is -0.0969. The molecule has 4 heteroatoms. The van der Waals surface area contributed by atoms with Crippen LogP contribution in [-0.4, -0.2) is 29.3 Å². The number of hydrogen-bond donors (Lipinski definition) is 3. The van der Waals surface area contributed by atoms with Crippen molar-refractivity contribution in [2.75, 3.05) is 23.7 Å². The molecule has 1 aliphatic rings. The summed E-state index contributed by atoms with van der Waals surface area (Å²) >= 11 is 0. The lowest BCUT2D eigenvalue weighted by Gasteiger charge is -2.26. The summed E-state index contributed by atoms with van der Waals surface area (Å²) in [6.07, 6.45) is 5.98. The highest BCUT2D eigenvalue weighted by Crippen LogP contribution is 2.24. The molecule has 4 nitrogen and oxygen atoms in total. The third-order valence-corrected chi connectivity index (χ3v) is 3.47. The second-order valence-electron chi connectivity index (χ2n) is 5.03. The molecule has 0 saturated heterocycles. The summed E-state index contributed by atoms with van der Waals surface area (Å²) in [6, 6.07) is 4.02. The van der Waals surface area contributed by atoms with Crippen molar-refractivity contribution in [3.8, 4) is 0 Å². The highest BCUT2D eigenvalue weighted by atomic mass is 16.3. The van der Waals surface area contributed by atoms with Gasteiger partial charge in [0.2, 0.25) is 0 Å². The van der Waals surface area contributed by atoms with Crippen LogP contribution in [0.3, 0.4) is 0 Å². The number of aliphatic hydroxyl groups excluding tert-OH is 1. The van der Waals surface area contributed by atoms with E-state index in [1.54, 1.807) is 0 Å². The van der Waals surface area contributed by atoms with E-state index in [2.05, 4.69) is 22.5 Å². The Morgan fingerprint density at radius 3 is 3.06 bits per heavy atom. The summed E-state index contributed by atoms with van der Waals surface area (Å²) in [6.45, 7) is 3.88. The fourth-order valence-corrected chi connectivity index (χ4v) is 2.53. The second-order valence-corrected chi connectivity index (χ2v) is 5.03. The zero-order valence-corrected chi connectivity index (χ0v) is 11.0. The lowest BCUT2D eigenvalue weighted by molar-refractivity contribution is 0.105. The van der Waals surface area contributed by atoms with Crippen LogP contribution in [0.15, 0.2) is 18.3 Å². The van der Waals surface area contributed by atoms with Crippen molar-refractivity contribution in [1.82, 2.24) is 4.98 Å². The smallest absolute Gasteiger partial charge is 0.127 e. The Hall–Kier alpha value is -1.29. The monoisotopic (exact) mass is 249 g/mol. The van der Waals surface area contributed by atoms with Crippen LogP contribution in [0.25, 0.3) is 0 Å². The van der Waals surface area contributed by atoms with Crippen molar-refractivity contribution >= 4 is 11.5 Å². The van der Waals surface area contributed by atoms with Crippen molar-refractivity contribution in [3.05, 3.63) is 18.3 Å². The third-order valence-electron chi connectivity index (χ3n) is 3.47. The molecule has 0 aromatic carbocycles. The first-order valence-electron chi connectivity index (χ1n) is 6.89. The van der Waals surface area contributed by atoms with E-state index in [-0.39, 0.29) is 6.10 Å². The predicted octanol–water partition coefficient (Wildman–Crippen LogP) is 2.48. The minimum Gasteiger partial charge on any atom is -0.393 e. The fourth-order valence-electron chi connectivity index (χ4n) is 2.53. The fraction of sp³-hybridized carbons (Fsp3) is 0.643. The molecular formula is C14H23N3O. The van der Waals surface area contributed by atoms with Crippen LogP contribution in [0.4, 0.5) is 11.5 Å². The first-order chi connectivity index (χ1) is 8.78. The largest absolute Gasteiger partial charge is 0.393 e. The van der Waals surface area contributed by atoms with Gasteiger partial charge in [-0.15, -0.1) is 0 Å². The number of aromatic nitrogens is 1. The lowest BCUT2D eigenvalue weighted by Crippen LogP contribution is -2.25. The molecule has 3 N–H and O–H groups in total. The Bertz CT molecular complexity index is 370. The van der Waals surface area contributed by atoms with Gasteiger partial charge in [0.1, 0.15) is 5.82 Å². The van der Waals surface area contributed by atoms with Crippen LogP contribution in [0.5, 0.6) is 0 Å². The van der Waals surface area contributed by atoms with E-state index in [4.69, 9.17) is 0 Å².